The SMILES string of the molecule is CC.CCC(=O)CNC(C)C.CCc1ccccc1. The molecule has 0 bridgehead atoms. The maximum absolute atomic E-state index is 10.7. The Bertz CT molecular complexity index is 293. The third-order valence-corrected chi connectivity index (χ3v) is 2.35. The van der Waals surface area contributed by atoms with Crippen LogP contribution in [0.2, 0.25) is 0 Å². The Morgan fingerprint density at radius 3 is 1.95 bits per heavy atom. The third-order valence-electron chi connectivity index (χ3n) is 2.35. The summed E-state index contributed by atoms with van der Waals surface area (Å²) in [6.45, 7) is 12.6. The summed E-state index contributed by atoms with van der Waals surface area (Å²) in [6.07, 6.45) is 1.78. The summed E-state index contributed by atoms with van der Waals surface area (Å²) in [5, 5.41) is 3.05. The third kappa shape index (κ3) is 14.8. The first-order chi connectivity index (χ1) is 9.10. The van der Waals surface area contributed by atoms with Gasteiger partial charge in [-0.2, -0.15) is 0 Å². The highest BCUT2D eigenvalue weighted by Gasteiger charge is 1.97. The van der Waals surface area contributed by atoms with Crippen molar-refractivity contribution in [1.82, 2.24) is 5.32 Å². The van der Waals surface area contributed by atoms with Crippen molar-refractivity contribution in [2.45, 2.75) is 60.4 Å². The standard InChI is InChI=1S/C8H10.C7H15NO.C2H6/c1-2-8-6-4-3-5-7-8;1-4-7(9)5-8-6(2)3;1-2/h3-7H,2H2,1H3;6,8H,4-5H2,1-3H3;1-2H3. The monoisotopic (exact) mass is 265 g/mol. The molecule has 0 unspecified atom stereocenters. The molecule has 19 heavy (non-hydrogen) atoms. The predicted molar refractivity (Wildman–Crippen MR) is 85.6 cm³/mol. The molecule has 1 aromatic rings. The Morgan fingerprint density at radius 2 is 1.63 bits per heavy atom. The fourth-order valence-corrected chi connectivity index (χ4v) is 1.16. The van der Waals surface area contributed by atoms with Crippen LogP contribution in [-0.2, 0) is 11.2 Å². The van der Waals surface area contributed by atoms with E-state index in [-0.39, 0.29) is 5.78 Å². The summed E-state index contributed by atoms with van der Waals surface area (Å²) in [4.78, 5) is 10.7. The molecule has 0 atom stereocenters. The molecule has 0 saturated heterocycles. The Kier molecular flexibility index (Phi) is 15.8. The fraction of sp³-hybridized carbons (Fsp3) is 0.588. The molecule has 0 aliphatic heterocycles. The van der Waals surface area contributed by atoms with E-state index in [1.165, 1.54) is 5.56 Å². The van der Waals surface area contributed by atoms with Gasteiger partial charge in [0.15, 0.2) is 0 Å². The van der Waals surface area contributed by atoms with E-state index in [0.29, 0.717) is 19.0 Å². The number of carbonyl (C=O) groups excluding carboxylic acids is 1. The van der Waals surface area contributed by atoms with Gasteiger partial charge in [0.1, 0.15) is 5.78 Å². The number of hydrogen-bond acceptors (Lipinski definition) is 2. The number of Topliss-reactive ketones (excluding diaryl/α,β-unsaturated/α-hetero) is 1. The summed E-state index contributed by atoms with van der Waals surface area (Å²) >= 11 is 0. The van der Waals surface area contributed by atoms with Crippen molar-refractivity contribution < 1.29 is 4.79 Å². The van der Waals surface area contributed by atoms with Gasteiger partial charge in [-0.25, -0.2) is 0 Å². The quantitative estimate of drug-likeness (QED) is 0.863. The van der Waals surface area contributed by atoms with Crippen LogP contribution in [0.1, 0.15) is 53.5 Å². The zero-order valence-electron chi connectivity index (χ0n) is 13.5. The van der Waals surface area contributed by atoms with Crippen molar-refractivity contribution >= 4 is 5.78 Å². The lowest BCUT2D eigenvalue weighted by Crippen LogP contribution is -2.28. The van der Waals surface area contributed by atoms with Gasteiger partial charge in [0, 0.05) is 12.5 Å². The van der Waals surface area contributed by atoms with Crippen molar-refractivity contribution in [2.24, 2.45) is 0 Å². The molecule has 0 saturated carbocycles. The molecule has 2 nitrogen and oxygen atoms in total. The summed E-state index contributed by atoms with van der Waals surface area (Å²) in [6, 6.07) is 10.9. The maximum Gasteiger partial charge on any atom is 0.146 e. The van der Waals surface area contributed by atoms with Gasteiger partial charge in [0.2, 0.25) is 0 Å². The highest BCUT2D eigenvalue weighted by molar-refractivity contribution is 5.80. The zero-order valence-corrected chi connectivity index (χ0v) is 13.5. The molecule has 110 valence electrons. The molecule has 0 radical (unpaired) electrons. The van der Waals surface area contributed by atoms with Gasteiger partial charge in [-0.15, -0.1) is 0 Å². The largest absolute Gasteiger partial charge is 0.308 e. The number of aryl methyl sites for hydroxylation is 1. The van der Waals surface area contributed by atoms with Gasteiger partial charge in [0.25, 0.3) is 0 Å². The van der Waals surface area contributed by atoms with Crippen LogP contribution < -0.4 is 5.32 Å². The Labute approximate surface area is 119 Å². The van der Waals surface area contributed by atoms with Crippen LogP contribution in [0.3, 0.4) is 0 Å². The van der Waals surface area contributed by atoms with E-state index in [1.807, 2.05) is 40.7 Å². The second-order valence-electron chi connectivity index (χ2n) is 4.27. The van der Waals surface area contributed by atoms with Crippen LogP contribution in [0, 0.1) is 0 Å². The van der Waals surface area contributed by atoms with E-state index >= 15 is 0 Å². The van der Waals surface area contributed by atoms with Crippen LogP contribution in [0.15, 0.2) is 30.3 Å². The highest BCUT2D eigenvalue weighted by Crippen LogP contribution is 1.96. The minimum atomic E-state index is 0.281. The van der Waals surface area contributed by atoms with E-state index in [1.54, 1.807) is 0 Å². The smallest absolute Gasteiger partial charge is 0.146 e. The molecular weight excluding hydrogens is 234 g/mol. The highest BCUT2D eigenvalue weighted by atomic mass is 16.1. The average molecular weight is 265 g/mol. The summed E-state index contributed by atoms with van der Waals surface area (Å²) < 4.78 is 0. The summed E-state index contributed by atoms with van der Waals surface area (Å²) in [5.41, 5.74) is 1.41. The van der Waals surface area contributed by atoms with E-state index in [2.05, 4.69) is 36.5 Å². The minimum absolute atomic E-state index is 0.281. The van der Waals surface area contributed by atoms with Crippen molar-refractivity contribution in [3.8, 4) is 0 Å². The number of rotatable bonds is 5. The van der Waals surface area contributed by atoms with Gasteiger partial charge >= 0.3 is 0 Å². The Balaban J connectivity index is 0. The van der Waals surface area contributed by atoms with Crippen LogP contribution in [0.5, 0.6) is 0 Å². The normalized spacial score (nSPS) is 9.00. The van der Waals surface area contributed by atoms with Crippen LogP contribution in [0.4, 0.5) is 0 Å². The predicted octanol–water partition coefficient (Wildman–Crippen LogP) is 4.24. The first-order valence-electron chi connectivity index (χ1n) is 7.39. The first kappa shape index (κ1) is 20.2. The van der Waals surface area contributed by atoms with Gasteiger partial charge < -0.3 is 5.32 Å². The number of benzene rings is 1. The molecule has 0 aliphatic carbocycles. The Hall–Kier alpha value is -1.15. The molecule has 0 heterocycles. The second-order valence-corrected chi connectivity index (χ2v) is 4.27. The molecule has 2 heteroatoms. The van der Waals surface area contributed by atoms with Crippen molar-refractivity contribution in [1.29, 1.82) is 0 Å². The first-order valence-corrected chi connectivity index (χ1v) is 7.39. The molecular formula is C17H31NO. The molecule has 0 amide bonds. The van der Waals surface area contributed by atoms with Crippen LogP contribution in [0.25, 0.3) is 0 Å². The van der Waals surface area contributed by atoms with Gasteiger partial charge in [0.05, 0.1) is 6.54 Å². The second kappa shape index (κ2) is 14.9. The molecule has 1 aromatic carbocycles. The molecule has 1 rings (SSSR count). The lowest BCUT2D eigenvalue weighted by Gasteiger charge is -2.04. The van der Waals surface area contributed by atoms with Crippen molar-refractivity contribution in [2.75, 3.05) is 6.54 Å². The van der Waals surface area contributed by atoms with Gasteiger partial charge in [-0.05, 0) is 12.0 Å². The van der Waals surface area contributed by atoms with Crippen molar-refractivity contribution in [3.05, 3.63) is 35.9 Å². The lowest BCUT2D eigenvalue weighted by molar-refractivity contribution is -0.118. The number of ketones is 1. The van der Waals surface area contributed by atoms with Gasteiger partial charge in [-0.1, -0.05) is 71.9 Å². The van der Waals surface area contributed by atoms with E-state index in [4.69, 9.17) is 0 Å². The topological polar surface area (TPSA) is 29.1 Å². The lowest BCUT2D eigenvalue weighted by atomic mass is 10.2. The zero-order chi connectivity index (χ0) is 15.1. The van der Waals surface area contributed by atoms with Gasteiger partial charge in [-0.3, -0.25) is 4.79 Å². The van der Waals surface area contributed by atoms with Crippen LogP contribution >= 0.6 is 0 Å². The molecule has 0 aliphatic rings. The summed E-state index contributed by atoms with van der Waals surface area (Å²) in [5.74, 6) is 0.281. The minimum Gasteiger partial charge on any atom is -0.308 e. The fourth-order valence-electron chi connectivity index (χ4n) is 1.16. The number of carbonyl (C=O) groups is 1. The average Bonchev–Trinajstić information content (AvgIpc) is 2.48. The molecule has 0 fully saturated rings. The van der Waals surface area contributed by atoms with E-state index in [9.17, 15) is 4.79 Å². The van der Waals surface area contributed by atoms with E-state index in [0.717, 1.165) is 6.42 Å². The van der Waals surface area contributed by atoms with Crippen LogP contribution in [-0.4, -0.2) is 18.4 Å². The van der Waals surface area contributed by atoms with E-state index < -0.39 is 0 Å². The maximum atomic E-state index is 10.7. The molecule has 0 spiro atoms. The number of hydrogen-bond donors (Lipinski definition) is 1. The number of nitrogens with one attached hydrogen (secondary N) is 1. The molecule has 1 N–H and O–H groups in total. The Morgan fingerprint density at radius 1 is 1.11 bits per heavy atom. The van der Waals surface area contributed by atoms with Crippen molar-refractivity contribution in [3.63, 3.8) is 0 Å². The molecule has 0 aromatic heterocycles. The summed E-state index contributed by atoms with van der Waals surface area (Å²) in [7, 11) is 0.